The third-order valence-electron chi connectivity index (χ3n) is 4.66. The van der Waals surface area contributed by atoms with Crippen molar-refractivity contribution >= 4 is 0 Å². The lowest BCUT2D eigenvalue weighted by Gasteiger charge is -2.32. The second kappa shape index (κ2) is 5.26. The van der Waals surface area contributed by atoms with Crippen molar-refractivity contribution in [2.75, 3.05) is 6.54 Å². The Morgan fingerprint density at radius 1 is 1.26 bits per heavy atom. The molecule has 2 aliphatic rings. The molecule has 2 nitrogen and oxygen atoms in total. The molecule has 2 atom stereocenters. The average molecular weight is 258 g/mol. The van der Waals surface area contributed by atoms with Crippen molar-refractivity contribution in [3.05, 3.63) is 35.4 Å². The van der Waals surface area contributed by atoms with Crippen LogP contribution in [0.1, 0.15) is 50.3 Å². The Labute approximate surface area is 117 Å². The Hall–Kier alpha value is -0.860. The lowest BCUT2D eigenvalue weighted by molar-refractivity contribution is 0.161. The largest absolute Gasteiger partial charge is 0.323 e. The number of hydrogen-bond acceptors (Lipinski definition) is 2. The van der Waals surface area contributed by atoms with Crippen molar-refractivity contribution in [1.29, 1.82) is 0 Å². The van der Waals surface area contributed by atoms with Crippen LogP contribution in [0.15, 0.2) is 24.3 Å². The summed E-state index contributed by atoms with van der Waals surface area (Å²) in [5, 5.41) is 0. The number of fused-ring (bicyclic) bond motifs is 1. The molecule has 2 aliphatic carbocycles. The molecule has 1 aromatic carbocycles. The van der Waals surface area contributed by atoms with Gasteiger partial charge < -0.3 is 5.73 Å². The number of nitrogens with two attached hydrogens (primary N) is 1. The third-order valence-corrected chi connectivity index (χ3v) is 4.66. The van der Waals surface area contributed by atoms with Gasteiger partial charge in [-0.1, -0.05) is 38.1 Å². The van der Waals surface area contributed by atoms with Crippen LogP contribution in [0.3, 0.4) is 0 Å². The first-order chi connectivity index (χ1) is 9.16. The number of benzene rings is 1. The van der Waals surface area contributed by atoms with E-state index in [0.717, 1.165) is 18.4 Å². The average Bonchev–Trinajstić information content (AvgIpc) is 3.16. The summed E-state index contributed by atoms with van der Waals surface area (Å²) in [6, 6.07) is 10.3. The van der Waals surface area contributed by atoms with E-state index < -0.39 is 0 Å². The predicted octanol–water partition coefficient (Wildman–Crippen LogP) is 3.12. The first-order valence-electron chi connectivity index (χ1n) is 7.76. The molecule has 0 bridgehead atoms. The van der Waals surface area contributed by atoms with Gasteiger partial charge in [-0.3, -0.25) is 4.90 Å². The van der Waals surface area contributed by atoms with Gasteiger partial charge >= 0.3 is 0 Å². The van der Waals surface area contributed by atoms with Crippen molar-refractivity contribution in [2.24, 2.45) is 11.7 Å². The van der Waals surface area contributed by atoms with Gasteiger partial charge in [0.05, 0.1) is 0 Å². The van der Waals surface area contributed by atoms with Gasteiger partial charge in [0.25, 0.3) is 0 Å². The minimum Gasteiger partial charge on any atom is -0.323 e. The lowest BCUT2D eigenvalue weighted by atomic mass is 10.1. The molecule has 0 spiro atoms. The van der Waals surface area contributed by atoms with Gasteiger partial charge in [-0.2, -0.15) is 0 Å². The van der Waals surface area contributed by atoms with Crippen LogP contribution in [0.2, 0.25) is 0 Å². The summed E-state index contributed by atoms with van der Waals surface area (Å²) in [6.45, 7) is 5.84. The fourth-order valence-electron chi connectivity index (χ4n) is 3.36. The molecule has 0 saturated heterocycles. The van der Waals surface area contributed by atoms with E-state index in [0.29, 0.717) is 6.04 Å². The van der Waals surface area contributed by atoms with Gasteiger partial charge in [-0.05, 0) is 49.3 Å². The maximum absolute atomic E-state index is 6.52. The summed E-state index contributed by atoms with van der Waals surface area (Å²) in [5.41, 5.74) is 9.37. The molecule has 1 aromatic rings. The lowest BCUT2D eigenvalue weighted by Crippen LogP contribution is -2.43. The number of hydrogen-bond donors (Lipinski definition) is 1. The van der Waals surface area contributed by atoms with E-state index in [-0.39, 0.29) is 6.04 Å². The number of rotatable bonds is 5. The highest BCUT2D eigenvalue weighted by Crippen LogP contribution is 2.38. The third kappa shape index (κ3) is 2.70. The summed E-state index contributed by atoms with van der Waals surface area (Å²) in [5.74, 6) is 0.779. The Morgan fingerprint density at radius 2 is 2.00 bits per heavy atom. The van der Waals surface area contributed by atoms with Gasteiger partial charge in [0.15, 0.2) is 0 Å². The molecule has 0 aromatic heterocycles. The van der Waals surface area contributed by atoms with Gasteiger partial charge in [-0.15, -0.1) is 0 Å². The zero-order valence-corrected chi connectivity index (χ0v) is 12.2. The van der Waals surface area contributed by atoms with Crippen molar-refractivity contribution in [3.63, 3.8) is 0 Å². The fraction of sp³-hybridized carbons (Fsp3) is 0.647. The predicted molar refractivity (Wildman–Crippen MR) is 80.0 cm³/mol. The molecular formula is C17H26N2. The maximum Gasteiger partial charge on any atom is 0.0459 e. The fourth-order valence-corrected chi connectivity index (χ4v) is 3.36. The Balaban J connectivity index is 1.74. The molecule has 1 saturated carbocycles. The molecule has 104 valence electrons. The van der Waals surface area contributed by atoms with E-state index in [9.17, 15) is 0 Å². The highest BCUT2D eigenvalue weighted by atomic mass is 15.2. The minimum absolute atomic E-state index is 0.212. The molecule has 1 fully saturated rings. The Kier molecular flexibility index (Phi) is 3.64. The normalized spacial score (nSPS) is 26.2. The summed E-state index contributed by atoms with van der Waals surface area (Å²) in [7, 11) is 0. The molecule has 0 heterocycles. The molecule has 2 heteroatoms. The van der Waals surface area contributed by atoms with Crippen LogP contribution in [0.4, 0.5) is 0 Å². The molecular weight excluding hydrogens is 232 g/mol. The van der Waals surface area contributed by atoms with E-state index in [1.807, 2.05) is 0 Å². The Bertz CT molecular complexity index is 437. The quantitative estimate of drug-likeness (QED) is 0.879. The Morgan fingerprint density at radius 3 is 2.63 bits per heavy atom. The topological polar surface area (TPSA) is 29.3 Å². The van der Waals surface area contributed by atoms with Crippen LogP contribution in [-0.4, -0.2) is 23.5 Å². The van der Waals surface area contributed by atoms with E-state index in [1.54, 1.807) is 0 Å². The van der Waals surface area contributed by atoms with Gasteiger partial charge in [-0.25, -0.2) is 0 Å². The van der Waals surface area contributed by atoms with Crippen LogP contribution in [0, 0.1) is 5.92 Å². The van der Waals surface area contributed by atoms with Crippen molar-refractivity contribution in [3.8, 4) is 0 Å². The van der Waals surface area contributed by atoms with Crippen LogP contribution in [-0.2, 0) is 6.42 Å². The maximum atomic E-state index is 6.52. The number of nitrogens with zero attached hydrogens (tertiary/aromatic N) is 1. The van der Waals surface area contributed by atoms with Crippen molar-refractivity contribution in [2.45, 2.75) is 57.7 Å². The van der Waals surface area contributed by atoms with E-state index >= 15 is 0 Å². The summed E-state index contributed by atoms with van der Waals surface area (Å²) in [6.07, 6.45) is 5.18. The van der Waals surface area contributed by atoms with E-state index in [2.05, 4.69) is 43.0 Å². The summed E-state index contributed by atoms with van der Waals surface area (Å²) < 4.78 is 0. The van der Waals surface area contributed by atoms with Crippen LogP contribution >= 0.6 is 0 Å². The van der Waals surface area contributed by atoms with E-state index in [4.69, 9.17) is 5.73 Å². The van der Waals surface area contributed by atoms with Crippen LogP contribution in [0.25, 0.3) is 0 Å². The zero-order chi connectivity index (χ0) is 13.4. The van der Waals surface area contributed by atoms with Gasteiger partial charge in [0, 0.05) is 18.1 Å². The summed E-state index contributed by atoms with van der Waals surface area (Å²) >= 11 is 0. The van der Waals surface area contributed by atoms with Crippen LogP contribution in [0.5, 0.6) is 0 Å². The molecule has 0 aliphatic heterocycles. The summed E-state index contributed by atoms with van der Waals surface area (Å²) in [4.78, 5) is 2.71. The molecule has 2 unspecified atom stereocenters. The van der Waals surface area contributed by atoms with Gasteiger partial charge in [0.2, 0.25) is 0 Å². The SMILES string of the molecule is CC(C)CCN(C1CC1)C1Cc2ccccc2C1N. The minimum atomic E-state index is 0.212. The van der Waals surface area contributed by atoms with Crippen molar-refractivity contribution < 1.29 is 0 Å². The molecule has 19 heavy (non-hydrogen) atoms. The molecule has 0 radical (unpaired) electrons. The highest BCUT2D eigenvalue weighted by molar-refractivity contribution is 5.37. The molecule has 0 amide bonds. The zero-order valence-electron chi connectivity index (χ0n) is 12.2. The monoisotopic (exact) mass is 258 g/mol. The first-order valence-corrected chi connectivity index (χ1v) is 7.76. The second-order valence-corrected chi connectivity index (χ2v) is 6.65. The smallest absolute Gasteiger partial charge is 0.0459 e. The van der Waals surface area contributed by atoms with E-state index in [1.165, 1.54) is 36.9 Å². The second-order valence-electron chi connectivity index (χ2n) is 6.65. The first kappa shape index (κ1) is 13.1. The molecule has 3 rings (SSSR count). The van der Waals surface area contributed by atoms with Gasteiger partial charge in [0.1, 0.15) is 0 Å². The molecule has 2 N–H and O–H groups in total. The van der Waals surface area contributed by atoms with Crippen molar-refractivity contribution in [1.82, 2.24) is 4.90 Å². The highest BCUT2D eigenvalue weighted by Gasteiger charge is 2.40. The standard InChI is InChI=1S/C17H26N2/c1-12(2)9-10-19(14-7-8-14)16-11-13-5-3-4-6-15(13)17(16)18/h3-6,12,14,16-17H,7-11,18H2,1-2H3. The van der Waals surface area contributed by atoms with Crippen LogP contribution < -0.4 is 5.73 Å².